The first kappa shape index (κ1) is 14.4. The molecule has 3 heterocycles. The molecule has 0 bridgehead atoms. The van der Waals surface area contributed by atoms with Crippen LogP contribution in [0.2, 0.25) is 0 Å². The smallest absolute Gasteiger partial charge is 0.231 e. The predicted molar refractivity (Wildman–Crippen MR) is 93.6 cm³/mol. The number of hydrogen-bond donors (Lipinski definition) is 1. The van der Waals surface area contributed by atoms with Gasteiger partial charge in [0, 0.05) is 18.4 Å². The number of nitrogens with zero attached hydrogens (tertiary/aromatic N) is 1. The third-order valence-electron chi connectivity index (χ3n) is 4.86. The molecule has 1 aromatic heterocycles. The highest BCUT2D eigenvalue weighted by atomic mass is 16.7. The Balaban J connectivity index is 1.64. The standard InChI is InChI=1S/C20H18N2O3/c1-23-15-7-4-13(5-8-15)18-16-3-2-10-22(16)19-14(11-21-18)6-9-17-20(19)25-12-24-17/h2-10,18,21H,11-12H2,1H3. The Hall–Kier alpha value is -2.92. The summed E-state index contributed by atoms with van der Waals surface area (Å²) >= 11 is 0. The molecule has 1 N–H and O–H groups in total. The SMILES string of the molecule is COc1ccc(C2NCc3ccc4c(c3-n3cccc32)OCO4)cc1. The van der Waals surface area contributed by atoms with Crippen molar-refractivity contribution in [3.05, 3.63) is 71.5 Å². The summed E-state index contributed by atoms with van der Waals surface area (Å²) in [5, 5.41) is 3.67. The van der Waals surface area contributed by atoms with E-state index in [0.29, 0.717) is 0 Å². The Morgan fingerprint density at radius 2 is 1.96 bits per heavy atom. The van der Waals surface area contributed by atoms with Crippen molar-refractivity contribution in [2.75, 3.05) is 13.9 Å². The predicted octanol–water partition coefficient (Wildman–Crippen LogP) is 3.41. The van der Waals surface area contributed by atoms with Gasteiger partial charge < -0.3 is 24.1 Å². The van der Waals surface area contributed by atoms with Gasteiger partial charge in [-0.2, -0.15) is 0 Å². The molecule has 2 aliphatic rings. The maximum absolute atomic E-state index is 5.76. The van der Waals surface area contributed by atoms with Crippen LogP contribution in [0.25, 0.3) is 5.69 Å². The monoisotopic (exact) mass is 334 g/mol. The average molecular weight is 334 g/mol. The molecule has 0 saturated carbocycles. The van der Waals surface area contributed by atoms with Crippen LogP contribution < -0.4 is 19.5 Å². The number of ether oxygens (including phenoxy) is 3. The summed E-state index contributed by atoms with van der Waals surface area (Å²) in [6.07, 6.45) is 2.08. The fourth-order valence-corrected chi connectivity index (χ4v) is 3.64. The molecule has 5 rings (SSSR count). The molecule has 2 aromatic carbocycles. The quantitative estimate of drug-likeness (QED) is 0.780. The largest absolute Gasteiger partial charge is 0.497 e. The minimum atomic E-state index is 0.0891. The minimum Gasteiger partial charge on any atom is -0.497 e. The van der Waals surface area contributed by atoms with E-state index in [2.05, 4.69) is 46.4 Å². The van der Waals surface area contributed by atoms with Crippen LogP contribution in [0.4, 0.5) is 0 Å². The summed E-state index contributed by atoms with van der Waals surface area (Å²) in [5.41, 5.74) is 4.63. The highest BCUT2D eigenvalue weighted by Crippen LogP contribution is 2.43. The molecule has 0 fully saturated rings. The van der Waals surface area contributed by atoms with Crippen molar-refractivity contribution in [1.29, 1.82) is 0 Å². The molecule has 0 saturated heterocycles. The number of rotatable bonds is 2. The van der Waals surface area contributed by atoms with Crippen molar-refractivity contribution >= 4 is 0 Å². The summed E-state index contributed by atoms with van der Waals surface area (Å²) in [4.78, 5) is 0. The lowest BCUT2D eigenvalue weighted by atomic mass is 10.0. The Labute approximate surface area is 145 Å². The maximum Gasteiger partial charge on any atom is 0.231 e. The lowest BCUT2D eigenvalue weighted by Crippen LogP contribution is -2.21. The first-order valence-electron chi connectivity index (χ1n) is 8.31. The molecule has 3 aromatic rings. The molecule has 25 heavy (non-hydrogen) atoms. The van der Waals surface area contributed by atoms with Gasteiger partial charge in [0.05, 0.1) is 18.8 Å². The Morgan fingerprint density at radius 3 is 2.80 bits per heavy atom. The number of nitrogens with one attached hydrogen (secondary N) is 1. The second kappa shape index (κ2) is 5.57. The Morgan fingerprint density at radius 1 is 1.08 bits per heavy atom. The van der Waals surface area contributed by atoms with Gasteiger partial charge in [0.15, 0.2) is 11.5 Å². The lowest BCUT2D eigenvalue weighted by molar-refractivity contribution is 0.173. The van der Waals surface area contributed by atoms with Crippen molar-refractivity contribution in [2.24, 2.45) is 0 Å². The zero-order valence-electron chi connectivity index (χ0n) is 13.9. The fraction of sp³-hybridized carbons (Fsp3) is 0.200. The van der Waals surface area contributed by atoms with Gasteiger partial charge in [0.25, 0.3) is 0 Å². The summed E-state index contributed by atoms with van der Waals surface area (Å²) < 4.78 is 18.8. The number of aromatic nitrogens is 1. The average Bonchev–Trinajstić information content (AvgIpc) is 3.29. The second-order valence-corrected chi connectivity index (χ2v) is 6.20. The number of fused-ring (bicyclic) bond motifs is 5. The lowest BCUT2D eigenvalue weighted by Gasteiger charge is -2.18. The molecule has 126 valence electrons. The second-order valence-electron chi connectivity index (χ2n) is 6.20. The third kappa shape index (κ3) is 2.20. The maximum atomic E-state index is 5.76. The van der Waals surface area contributed by atoms with Gasteiger partial charge in [-0.15, -0.1) is 0 Å². The molecule has 0 amide bonds. The molecule has 0 aliphatic carbocycles. The molecule has 1 unspecified atom stereocenters. The number of hydrogen-bond acceptors (Lipinski definition) is 4. The van der Waals surface area contributed by atoms with Gasteiger partial charge >= 0.3 is 0 Å². The topological polar surface area (TPSA) is 44.7 Å². The highest BCUT2D eigenvalue weighted by molar-refractivity contribution is 5.63. The molecule has 0 spiro atoms. The first-order chi connectivity index (χ1) is 12.3. The summed E-state index contributed by atoms with van der Waals surface area (Å²) in [6.45, 7) is 1.03. The van der Waals surface area contributed by atoms with E-state index >= 15 is 0 Å². The van der Waals surface area contributed by atoms with Crippen LogP contribution >= 0.6 is 0 Å². The van der Waals surface area contributed by atoms with Crippen molar-refractivity contribution in [1.82, 2.24) is 9.88 Å². The van der Waals surface area contributed by atoms with Crippen LogP contribution in [0.15, 0.2) is 54.7 Å². The van der Waals surface area contributed by atoms with Crippen molar-refractivity contribution in [3.63, 3.8) is 0 Å². The van der Waals surface area contributed by atoms with E-state index in [0.717, 1.165) is 29.5 Å². The van der Waals surface area contributed by atoms with E-state index in [1.807, 2.05) is 18.2 Å². The molecule has 0 radical (unpaired) electrons. The van der Waals surface area contributed by atoms with Crippen LogP contribution in [0.3, 0.4) is 0 Å². The third-order valence-corrected chi connectivity index (χ3v) is 4.86. The highest BCUT2D eigenvalue weighted by Gasteiger charge is 2.28. The van der Waals surface area contributed by atoms with Gasteiger partial charge in [0.2, 0.25) is 6.79 Å². The van der Waals surface area contributed by atoms with Crippen LogP contribution in [0.1, 0.15) is 22.9 Å². The molecule has 5 nitrogen and oxygen atoms in total. The van der Waals surface area contributed by atoms with E-state index in [1.54, 1.807) is 7.11 Å². The van der Waals surface area contributed by atoms with E-state index in [9.17, 15) is 0 Å². The van der Waals surface area contributed by atoms with Gasteiger partial charge in [-0.05, 0) is 41.5 Å². The molecule has 5 heteroatoms. The Bertz CT molecular complexity index is 931. The number of benzene rings is 2. The van der Waals surface area contributed by atoms with E-state index in [1.165, 1.54) is 16.8 Å². The first-order valence-corrected chi connectivity index (χ1v) is 8.31. The van der Waals surface area contributed by atoms with E-state index in [-0.39, 0.29) is 12.8 Å². The molecular formula is C20H18N2O3. The fourth-order valence-electron chi connectivity index (χ4n) is 3.64. The number of methoxy groups -OCH3 is 1. The zero-order valence-corrected chi connectivity index (χ0v) is 13.9. The van der Waals surface area contributed by atoms with Crippen LogP contribution in [0, 0.1) is 0 Å². The van der Waals surface area contributed by atoms with Gasteiger partial charge in [-0.3, -0.25) is 0 Å². The van der Waals surface area contributed by atoms with Gasteiger partial charge in [-0.1, -0.05) is 18.2 Å². The minimum absolute atomic E-state index is 0.0891. The van der Waals surface area contributed by atoms with Crippen molar-refractivity contribution < 1.29 is 14.2 Å². The Kier molecular flexibility index (Phi) is 3.21. The van der Waals surface area contributed by atoms with Crippen LogP contribution in [-0.2, 0) is 6.54 Å². The summed E-state index contributed by atoms with van der Waals surface area (Å²) in [6, 6.07) is 16.6. The van der Waals surface area contributed by atoms with E-state index < -0.39 is 0 Å². The normalized spacial score (nSPS) is 17.6. The summed E-state index contributed by atoms with van der Waals surface area (Å²) in [7, 11) is 1.68. The van der Waals surface area contributed by atoms with Crippen LogP contribution in [0.5, 0.6) is 17.2 Å². The van der Waals surface area contributed by atoms with E-state index in [4.69, 9.17) is 14.2 Å². The van der Waals surface area contributed by atoms with Gasteiger partial charge in [-0.25, -0.2) is 0 Å². The van der Waals surface area contributed by atoms with Crippen LogP contribution in [-0.4, -0.2) is 18.5 Å². The molecular weight excluding hydrogens is 316 g/mol. The van der Waals surface area contributed by atoms with Crippen molar-refractivity contribution in [3.8, 4) is 22.9 Å². The zero-order chi connectivity index (χ0) is 16.8. The van der Waals surface area contributed by atoms with Gasteiger partial charge in [0.1, 0.15) is 5.75 Å². The summed E-state index contributed by atoms with van der Waals surface area (Å²) in [5.74, 6) is 2.49. The molecule has 2 aliphatic heterocycles. The van der Waals surface area contributed by atoms with Crippen molar-refractivity contribution in [2.45, 2.75) is 12.6 Å². The molecule has 1 atom stereocenters.